The van der Waals surface area contributed by atoms with Crippen LogP contribution in [0.5, 0.6) is 5.75 Å². The Hall–Kier alpha value is -1.67. The summed E-state index contributed by atoms with van der Waals surface area (Å²) in [4.78, 5) is 14.6. The zero-order valence-corrected chi connectivity index (χ0v) is 19.7. The molecule has 1 N–H and O–H groups in total. The molecule has 0 bridgehead atoms. The Morgan fingerprint density at radius 1 is 1.07 bits per heavy atom. The Morgan fingerprint density at radius 3 is 2.25 bits per heavy atom. The molecule has 0 aromatic heterocycles. The molecule has 0 saturated carbocycles. The summed E-state index contributed by atoms with van der Waals surface area (Å²) in [6.07, 6.45) is 0. The normalized spacial score (nSPS) is 10.8. The van der Waals surface area contributed by atoms with E-state index < -0.39 is 0 Å². The third-order valence-corrected chi connectivity index (χ3v) is 4.89. The van der Waals surface area contributed by atoms with Crippen molar-refractivity contribution in [3.8, 4) is 5.75 Å². The molecule has 0 spiro atoms. The summed E-state index contributed by atoms with van der Waals surface area (Å²) < 4.78 is 7.03. The number of benzene rings is 2. The standard InChI is InChI=1S/C22H27IN2O2S/c1-15(2)13-25(14-16(3)4)22(28)27-20-7-5-6-17(12-20)21(26)24-19-10-8-18(23)9-11-19/h5-12,15-16H,13-14H2,1-4H3,(H,24,26). The Kier molecular flexibility index (Phi) is 8.69. The molecule has 4 nitrogen and oxygen atoms in total. The molecule has 0 aliphatic rings. The minimum atomic E-state index is -0.182. The first-order valence-electron chi connectivity index (χ1n) is 9.38. The van der Waals surface area contributed by atoms with E-state index in [9.17, 15) is 4.79 Å². The molecule has 2 aromatic rings. The molecule has 150 valence electrons. The molecule has 0 unspecified atom stereocenters. The van der Waals surface area contributed by atoms with Crippen LogP contribution in [0.25, 0.3) is 0 Å². The smallest absolute Gasteiger partial charge is 0.264 e. The lowest BCUT2D eigenvalue weighted by molar-refractivity contribution is 0.102. The molecule has 1 amide bonds. The monoisotopic (exact) mass is 510 g/mol. The zero-order chi connectivity index (χ0) is 20.7. The van der Waals surface area contributed by atoms with Crippen LogP contribution < -0.4 is 10.1 Å². The van der Waals surface area contributed by atoms with Gasteiger partial charge >= 0.3 is 0 Å². The van der Waals surface area contributed by atoms with Crippen LogP contribution >= 0.6 is 34.8 Å². The molecule has 0 saturated heterocycles. The number of amides is 1. The minimum absolute atomic E-state index is 0.182. The lowest BCUT2D eigenvalue weighted by Crippen LogP contribution is -2.38. The Bertz CT molecular complexity index is 796. The summed E-state index contributed by atoms with van der Waals surface area (Å²) in [6.45, 7) is 10.3. The molecular weight excluding hydrogens is 483 g/mol. The van der Waals surface area contributed by atoms with Crippen LogP contribution in [0.4, 0.5) is 5.69 Å². The van der Waals surface area contributed by atoms with E-state index in [2.05, 4.69) is 60.5 Å². The first-order valence-corrected chi connectivity index (χ1v) is 10.9. The molecule has 0 radical (unpaired) electrons. The molecule has 0 aliphatic heterocycles. The number of rotatable bonds is 7. The van der Waals surface area contributed by atoms with Gasteiger partial charge in [0.15, 0.2) is 0 Å². The summed E-state index contributed by atoms with van der Waals surface area (Å²) in [5, 5.41) is 3.34. The van der Waals surface area contributed by atoms with Crippen molar-refractivity contribution in [2.45, 2.75) is 27.7 Å². The topological polar surface area (TPSA) is 41.6 Å². The second-order valence-electron chi connectivity index (χ2n) is 7.55. The van der Waals surface area contributed by atoms with Crippen molar-refractivity contribution in [2.75, 3.05) is 18.4 Å². The lowest BCUT2D eigenvalue weighted by atomic mass is 10.1. The average Bonchev–Trinajstić information content (AvgIpc) is 2.62. The van der Waals surface area contributed by atoms with Gasteiger partial charge in [0, 0.05) is 27.9 Å². The molecule has 0 fully saturated rings. The number of anilines is 1. The number of nitrogens with zero attached hydrogens (tertiary/aromatic N) is 1. The van der Waals surface area contributed by atoms with Crippen molar-refractivity contribution in [1.82, 2.24) is 4.90 Å². The van der Waals surface area contributed by atoms with Crippen LogP contribution in [-0.4, -0.2) is 29.1 Å². The fourth-order valence-electron chi connectivity index (χ4n) is 2.71. The molecular formula is C22H27IN2O2S. The van der Waals surface area contributed by atoms with Gasteiger partial charge in [0.2, 0.25) is 0 Å². The average molecular weight is 510 g/mol. The van der Waals surface area contributed by atoms with E-state index in [4.69, 9.17) is 17.0 Å². The van der Waals surface area contributed by atoms with Crippen LogP contribution in [0.2, 0.25) is 0 Å². The Balaban J connectivity index is 2.07. The third kappa shape index (κ3) is 7.39. The quantitative estimate of drug-likeness (QED) is 0.377. The molecule has 0 heterocycles. The second-order valence-corrected chi connectivity index (χ2v) is 9.14. The van der Waals surface area contributed by atoms with Gasteiger partial charge in [-0.3, -0.25) is 4.79 Å². The number of nitrogens with one attached hydrogen (secondary N) is 1. The van der Waals surface area contributed by atoms with Crippen molar-refractivity contribution in [3.63, 3.8) is 0 Å². The van der Waals surface area contributed by atoms with Crippen LogP contribution in [0.1, 0.15) is 38.1 Å². The number of carbonyl (C=O) groups is 1. The highest BCUT2D eigenvalue weighted by molar-refractivity contribution is 14.1. The maximum Gasteiger partial charge on any atom is 0.264 e. The number of hydrogen-bond acceptors (Lipinski definition) is 3. The van der Waals surface area contributed by atoms with Gasteiger partial charge < -0.3 is 15.0 Å². The fraction of sp³-hybridized carbons (Fsp3) is 0.364. The first kappa shape index (κ1) is 22.6. The lowest BCUT2D eigenvalue weighted by Gasteiger charge is -2.28. The number of ether oxygens (including phenoxy) is 1. The van der Waals surface area contributed by atoms with E-state index in [0.717, 1.165) is 22.3 Å². The molecule has 0 aliphatic carbocycles. The maximum absolute atomic E-state index is 12.6. The summed E-state index contributed by atoms with van der Waals surface area (Å²) in [6, 6.07) is 14.8. The summed E-state index contributed by atoms with van der Waals surface area (Å²) >= 11 is 7.75. The molecule has 6 heteroatoms. The van der Waals surface area contributed by atoms with E-state index in [1.54, 1.807) is 18.2 Å². The highest BCUT2D eigenvalue weighted by Crippen LogP contribution is 2.18. The van der Waals surface area contributed by atoms with Crippen LogP contribution in [0, 0.1) is 15.4 Å². The van der Waals surface area contributed by atoms with Gasteiger partial charge in [-0.05, 0) is 89.1 Å². The first-order chi connectivity index (χ1) is 13.2. The van der Waals surface area contributed by atoms with Gasteiger partial charge in [0.1, 0.15) is 5.75 Å². The SMILES string of the molecule is CC(C)CN(CC(C)C)C(=S)Oc1cccc(C(=O)Nc2ccc(I)cc2)c1. The number of thiocarbonyl (C=S) groups is 1. The maximum atomic E-state index is 12.6. The zero-order valence-electron chi connectivity index (χ0n) is 16.7. The summed E-state index contributed by atoms with van der Waals surface area (Å²) in [5.41, 5.74) is 1.28. The second kappa shape index (κ2) is 10.8. The fourth-order valence-corrected chi connectivity index (χ4v) is 3.31. The van der Waals surface area contributed by atoms with E-state index in [1.807, 2.05) is 30.3 Å². The summed E-state index contributed by atoms with van der Waals surface area (Å²) in [7, 11) is 0. The van der Waals surface area contributed by atoms with Gasteiger partial charge in [0.25, 0.3) is 11.1 Å². The molecule has 2 aromatic carbocycles. The Labute approximate surface area is 186 Å². The highest BCUT2D eigenvalue weighted by Gasteiger charge is 2.16. The highest BCUT2D eigenvalue weighted by atomic mass is 127. The third-order valence-electron chi connectivity index (χ3n) is 3.83. The minimum Gasteiger partial charge on any atom is -0.432 e. The van der Waals surface area contributed by atoms with Crippen LogP contribution in [-0.2, 0) is 0 Å². The van der Waals surface area contributed by atoms with Gasteiger partial charge in [-0.1, -0.05) is 33.8 Å². The van der Waals surface area contributed by atoms with Gasteiger partial charge in [-0.2, -0.15) is 0 Å². The predicted octanol–water partition coefficient (Wildman–Crippen LogP) is 5.82. The number of halogens is 1. The van der Waals surface area contributed by atoms with Crippen LogP contribution in [0.3, 0.4) is 0 Å². The number of hydrogen-bond donors (Lipinski definition) is 1. The Morgan fingerprint density at radius 2 is 1.68 bits per heavy atom. The van der Waals surface area contributed by atoms with E-state index in [1.165, 1.54) is 0 Å². The van der Waals surface area contributed by atoms with Crippen LogP contribution in [0.15, 0.2) is 48.5 Å². The van der Waals surface area contributed by atoms with E-state index in [-0.39, 0.29) is 5.91 Å². The van der Waals surface area contributed by atoms with Crippen molar-refractivity contribution >= 4 is 51.6 Å². The largest absolute Gasteiger partial charge is 0.432 e. The van der Waals surface area contributed by atoms with Crippen molar-refractivity contribution in [1.29, 1.82) is 0 Å². The van der Waals surface area contributed by atoms with Gasteiger partial charge in [-0.15, -0.1) is 0 Å². The molecule has 0 atom stereocenters. The molecule has 28 heavy (non-hydrogen) atoms. The summed E-state index contributed by atoms with van der Waals surface area (Å²) in [5.74, 6) is 1.34. The van der Waals surface area contributed by atoms with Crippen molar-refractivity contribution in [3.05, 3.63) is 57.7 Å². The van der Waals surface area contributed by atoms with Gasteiger partial charge in [0.05, 0.1) is 0 Å². The number of carbonyl (C=O) groups excluding carboxylic acids is 1. The van der Waals surface area contributed by atoms with Gasteiger partial charge in [-0.25, -0.2) is 0 Å². The van der Waals surface area contributed by atoms with E-state index >= 15 is 0 Å². The molecule has 2 rings (SSSR count). The van der Waals surface area contributed by atoms with Crippen molar-refractivity contribution in [2.24, 2.45) is 11.8 Å². The predicted molar refractivity (Wildman–Crippen MR) is 128 cm³/mol. The van der Waals surface area contributed by atoms with E-state index in [0.29, 0.717) is 28.3 Å². The van der Waals surface area contributed by atoms with Crippen molar-refractivity contribution < 1.29 is 9.53 Å².